The van der Waals surface area contributed by atoms with Crippen molar-refractivity contribution in [3.8, 4) is 0 Å². The van der Waals surface area contributed by atoms with Gasteiger partial charge in [0.1, 0.15) is 5.25 Å². The molecule has 0 aliphatic rings. The second-order valence-electron chi connectivity index (χ2n) is 4.52. The molecule has 0 radical (unpaired) electrons. The molecule has 0 aliphatic carbocycles. The van der Waals surface area contributed by atoms with E-state index in [2.05, 4.69) is 5.32 Å². The lowest BCUT2D eigenvalue weighted by Gasteiger charge is -2.12. The Balaban J connectivity index is 1.98. The average molecular weight is 336 g/mol. The number of carboxylic acids is 1. The highest BCUT2D eigenvalue weighted by molar-refractivity contribution is 8.00. The fourth-order valence-corrected chi connectivity index (χ4v) is 2.84. The Morgan fingerprint density at radius 1 is 1.09 bits per heavy atom. The summed E-state index contributed by atoms with van der Waals surface area (Å²) >= 11 is 6.92. The largest absolute Gasteiger partial charge is 0.480 e. The molecule has 0 saturated carbocycles. The Morgan fingerprint density at radius 2 is 1.73 bits per heavy atom. The molecule has 6 heteroatoms. The highest BCUT2D eigenvalue weighted by Crippen LogP contribution is 2.27. The molecule has 2 rings (SSSR count). The van der Waals surface area contributed by atoms with Crippen molar-refractivity contribution in [2.24, 2.45) is 0 Å². The third kappa shape index (κ3) is 5.09. The van der Waals surface area contributed by atoms with Gasteiger partial charge >= 0.3 is 5.97 Å². The van der Waals surface area contributed by atoms with Crippen LogP contribution < -0.4 is 5.32 Å². The number of aliphatic carboxylic acids is 1. The van der Waals surface area contributed by atoms with Gasteiger partial charge in [0.25, 0.3) is 0 Å². The van der Waals surface area contributed by atoms with Crippen LogP contribution in [0.1, 0.15) is 6.42 Å². The first kappa shape index (κ1) is 16.4. The first-order valence-electron chi connectivity index (χ1n) is 6.54. The van der Waals surface area contributed by atoms with Crippen LogP contribution in [-0.2, 0) is 9.59 Å². The molecule has 22 heavy (non-hydrogen) atoms. The maximum atomic E-state index is 12.0. The second kappa shape index (κ2) is 7.87. The van der Waals surface area contributed by atoms with Crippen molar-refractivity contribution >= 4 is 40.9 Å². The van der Waals surface area contributed by atoms with E-state index < -0.39 is 11.2 Å². The summed E-state index contributed by atoms with van der Waals surface area (Å²) in [6.45, 7) is 0. The lowest BCUT2D eigenvalue weighted by atomic mass is 10.2. The Bertz CT molecular complexity index is 646. The van der Waals surface area contributed by atoms with E-state index in [1.807, 2.05) is 6.07 Å². The number of rotatable bonds is 6. The third-order valence-corrected chi connectivity index (χ3v) is 4.24. The van der Waals surface area contributed by atoms with Crippen LogP contribution in [0.15, 0.2) is 59.5 Å². The maximum Gasteiger partial charge on any atom is 0.317 e. The number of carbonyl (C=O) groups is 2. The van der Waals surface area contributed by atoms with Crippen molar-refractivity contribution in [3.63, 3.8) is 0 Å². The van der Waals surface area contributed by atoms with Crippen LogP contribution in [-0.4, -0.2) is 22.2 Å². The quantitative estimate of drug-likeness (QED) is 0.785. The fraction of sp³-hybridized carbons (Fsp3) is 0.125. The number of halogens is 1. The van der Waals surface area contributed by atoms with Gasteiger partial charge in [-0.05, 0) is 36.4 Å². The molecule has 0 fully saturated rings. The summed E-state index contributed by atoms with van der Waals surface area (Å²) in [5.41, 5.74) is 0.646. The molecule has 0 spiro atoms. The highest BCUT2D eigenvalue weighted by atomic mass is 35.5. The molecular weight excluding hydrogens is 322 g/mol. The Labute approximate surface area is 137 Å². The van der Waals surface area contributed by atoms with Gasteiger partial charge in [0.15, 0.2) is 0 Å². The number of carboxylic acid groups (broad SMARTS) is 1. The summed E-state index contributed by atoms with van der Waals surface area (Å²) in [5.74, 6) is -1.36. The Kier molecular flexibility index (Phi) is 5.86. The number of hydrogen-bond donors (Lipinski definition) is 2. The van der Waals surface area contributed by atoms with Gasteiger partial charge in [-0.1, -0.05) is 29.8 Å². The molecule has 0 bridgehead atoms. The summed E-state index contributed by atoms with van der Waals surface area (Å²) in [6, 6.07) is 15.8. The minimum Gasteiger partial charge on any atom is -0.480 e. The molecule has 2 aromatic carbocycles. The molecule has 2 N–H and O–H groups in total. The van der Waals surface area contributed by atoms with Crippen LogP contribution in [0.4, 0.5) is 5.69 Å². The molecule has 4 nitrogen and oxygen atoms in total. The Morgan fingerprint density at radius 3 is 2.32 bits per heavy atom. The molecule has 114 valence electrons. The molecule has 1 unspecified atom stereocenters. The molecule has 1 amide bonds. The van der Waals surface area contributed by atoms with Crippen LogP contribution in [0.3, 0.4) is 0 Å². The van der Waals surface area contributed by atoms with Crippen molar-refractivity contribution in [3.05, 3.63) is 59.6 Å². The molecule has 0 aliphatic heterocycles. The topological polar surface area (TPSA) is 66.4 Å². The van der Waals surface area contributed by atoms with Gasteiger partial charge in [-0.2, -0.15) is 0 Å². The van der Waals surface area contributed by atoms with Crippen molar-refractivity contribution < 1.29 is 14.7 Å². The normalized spacial score (nSPS) is 11.7. The van der Waals surface area contributed by atoms with E-state index >= 15 is 0 Å². The van der Waals surface area contributed by atoms with E-state index in [9.17, 15) is 14.7 Å². The fourth-order valence-electron chi connectivity index (χ4n) is 1.76. The Hall–Kier alpha value is -1.98. The highest BCUT2D eigenvalue weighted by Gasteiger charge is 2.22. The van der Waals surface area contributed by atoms with Crippen LogP contribution >= 0.6 is 23.4 Å². The summed E-state index contributed by atoms with van der Waals surface area (Å²) in [6.07, 6.45) is -0.114. The third-order valence-electron chi connectivity index (χ3n) is 2.80. The van der Waals surface area contributed by atoms with E-state index in [1.165, 1.54) is 0 Å². The predicted molar refractivity (Wildman–Crippen MR) is 88.4 cm³/mol. The van der Waals surface area contributed by atoms with Crippen LogP contribution in [0.25, 0.3) is 0 Å². The van der Waals surface area contributed by atoms with E-state index in [1.54, 1.807) is 48.5 Å². The summed E-state index contributed by atoms with van der Waals surface area (Å²) in [5, 5.41) is 11.7. The zero-order valence-electron chi connectivity index (χ0n) is 11.5. The van der Waals surface area contributed by atoms with Gasteiger partial charge in [0.2, 0.25) is 5.91 Å². The van der Waals surface area contributed by atoms with E-state index in [0.717, 1.165) is 16.7 Å². The summed E-state index contributed by atoms with van der Waals surface area (Å²) in [7, 11) is 0. The molecule has 0 saturated heterocycles. The minimum absolute atomic E-state index is 0.114. The van der Waals surface area contributed by atoms with E-state index in [-0.39, 0.29) is 12.3 Å². The van der Waals surface area contributed by atoms with Gasteiger partial charge in [-0.15, -0.1) is 11.8 Å². The molecule has 0 heterocycles. The second-order valence-corrected chi connectivity index (χ2v) is 6.23. The lowest BCUT2D eigenvalue weighted by Crippen LogP contribution is -2.24. The summed E-state index contributed by atoms with van der Waals surface area (Å²) in [4.78, 5) is 24.0. The minimum atomic E-state index is -1.02. The smallest absolute Gasteiger partial charge is 0.317 e. The number of benzene rings is 2. The molecule has 2 aromatic rings. The van der Waals surface area contributed by atoms with Crippen molar-refractivity contribution in [2.45, 2.75) is 16.6 Å². The van der Waals surface area contributed by atoms with Gasteiger partial charge < -0.3 is 10.4 Å². The van der Waals surface area contributed by atoms with Crippen molar-refractivity contribution in [1.29, 1.82) is 0 Å². The van der Waals surface area contributed by atoms with Gasteiger partial charge in [-0.3, -0.25) is 9.59 Å². The van der Waals surface area contributed by atoms with Gasteiger partial charge in [-0.25, -0.2) is 0 Å². The van der Waals surface area contributed by atoms with Crippen LogP contribution in [0, 0.1) is 0 Å². The maximum absolute atomic E-state index is 12.0. The zero-order chi connectivity index (χ0) is 15.9. The number of anilines is 1. The number of hydrogen-bond acceptors (Lipinski definition) is 3. The van der Waals surface area contributed by atoms with Gasteiger partial charge in [0.05, 0.1) is 0 Å². The molecule has 1 atom stereocenters. The predicted octanol–water partition coefficient (Wildman–Crippen LogP) is 3.91. The monoisotopic (exact) mass is 335 g/mol. The van der Waals surface area contributed by atoms with Crippen LogP contribution in [0.5, 0.6) is 0 Å². The van der Waals surface area contributed by atoms with Crippen LogP contribution in [0.2, 0.25) is 5.02 Å². The average Bonchev–Trinajstić information content (AvgIpc) is 2.49. The van der Waals surface area contributed by atoms with Crippen molar-refractivity contribution in [1.82, 2.24) is 0 Å². The number of para-hydroxylation sites is 1. The first-order valence-corrected chi connectivity index (χ1v) is 7.80. The number of thioether (sulfide) groups is 1. The summed E-state index contributed by atoms with van der Waals surface area (Å²) < 4.78 is 0. The van der Waals surface area contributed by atoms with Gasteiger partial charge in [0, 0.05) is 22.0 Å². The number of carbonyl (C=O) groups excluding carboxylic acids is 1. The number of nitrogens with one attached hydrogen (secondary N) is 1. The SMILES string of the molecule is O=C(CC(Sc1ccc(Cl)cc1)C(=O)O)Nc1ccccc1. The van der Waals surface area contributed by atoms with Crippen molar-refractivity contribution in [2.75, 3.05) is 5.32 Å². The zero-order valence-corrected chi connectivity index (χ0v) is 13.1. The number of amides is 1. The molecular formula is C16H14ClNO3S. The standard InChI is InChI=1S/C16H14ClNO3S/c17-11-6-8-13(9-7-11)22-14(16(20)21)10-15(19)18-12-4-2-1-3-5-12/h1-9,14H,10H2,(H,18,19)(H,20,21). The van der Waals surface area contributed by atoms with E-state index in [4.69, 9.17) is 11.6 Å². The first-order chi connectivity index (χ1) is 10.5. The van der Waals surface area contributed by atoms with E-state index in [0.29, 0.717) is 10.7 Å². The molecule has 0 aromatic heterocycles. The lowest BCUT2D eigenvalue weighted by molar-refractivity contribution is -0.137.